The van der Waals surface area contributed by atoms with Crippen molar-refractivity contribution in [2.24, 2.45) is 0 Å². The fraction of sp³-hybridized carbons (Fsp3) is 0.545. The quantitative estimate of drug-likeness (QED) is 0.478. The first-order valence-corrected chi connectivity index (χ1v) is 12.0. The molecule has 2 saturated heterocycles. The van der Waals surface area contributed by atoms with Gasteiger partial charge < -0.3 is 9.80 Å². The molecule has 0 aromatic carbocycles. The number of hydrogen-bond acceptors (Lipinski definition) is 7. The summed E-state index contributed by atoms with van der Waals surface area (Å²) in [5.74, 6) is 0.686. The maximum Gasteiger partial charge on any atom is 0.270 e. The number of anilines is 1. The van der Waals surface area contributed by atoms with Gasteiger partial charge >= 0.3 is 0 Å². The average Bonchev–Trinajstić information content (AvgIpc) is 3.03. The number of thiocarbonyl (C=S) groups is 1. The lowest BCUT2D eigenvalue weighted by atomic mass is 10.0. The van der Waals surface area contributed by atoms with Gasteiger partial charge in [0, 0.05) is 44.8 Å². The van der Waals surface area contributed by atoms with Crippen LogP contribution in [0.5, 0.6) is 0 Å². The van der Waals surface area contributed by atoms with Crippen LogP contribution in [0.3, 0.4) is 0 Å². The topological polar surface area (TPSA) is 72.6 Å². The second-order valence-electron chi connectivity index (χ2n) is 7.65. The number of hydrogen-bond donors (Lipinski definition) is 0. The van der Waals surface area contributed by atoms with Crippen LogP contribution in [0.15, 0.2) is 9.70 Å². The zero-order chi connectivity index (χ0) is 22.7. The Morgan fingerprint density at radius 1 is 1.13 bits per heavy atom. The molecule has 0 aliphatic carbocycles. The number of amides is 1. The van der Waals surface area contributed by atoms with Crippen molar-refractivity contribution < 1.29 is 4.79 Å². The Kier molecular flexibility index (Phi) is 7.57. The van der Waals surface area contributed by atoms with Gasteiger partial charge in [-0.3, -0.25) is 19.1 Å². The van der Waals surface area contributed by atoms with Crippen LogP contribution in [0.25, 0.3) is 6.08 Å². The minimum Gasteiger partial charge on any atom is -0.355 e. The zero-order valence-corrected chi connectivity index (χ0v) is 20.2. The van der Waals surface area contributed by atoms with Gasteiger partial charge in [0.1, 0.15) is 21.8 Å². The molecule has 0 N–H and O–H groups in total. The van der Waals surface area contributed by atoms with Gasteiger partial charge in [-0.25, -0.2) is 0 Å². The van der Waals surface area contributed by atoms with Gasteiger partial charge in [-0.2, -0.15) is 5.26 Å². The summed E-state index contributed by atoms with van der Waals surface area (Å²) in [5.41, 5.74) is 1.24. The van der Waals surface area contributed by atoms with Crippen LogP contribution in [-0.2, 0) is 11.3 Å². The molecule has 7 nitrogen and oxygen atoms in total. The van der Waals surface area contributed by atoms with Crippen LogP contribution >= 0.6 is 24.0 Å². The molecule has 1 aromatic heterocycles. The lowest BCUT2D eigenvalue weighted by molar-refractivity contribution is -0.122. The van der Waals surface area contributed by atoms with Crippen LogP contribution in [0, 0.1) is 18.3 Å². The van der Waals surface area contributed by atoms with Crippen molar-refractivity contribution in [3.05, 3.63) is 31.9 Å². The molecule has 166 valence electrons. The van der Waals surface area contributed by atoms with Crippen molar-refractivity contribution in [2.75, 3.05) is 44.2 Å². The van der Waals surface area contributed by atoms with Gasteiger partial charge in [0.15, 0.2) is 0 Å². The summed E-state index contributed by atoms with van der Waals surface area (Å²) in [6.07, 6.45) is 2.66. The first kappa shape index (κ1) is 23.5. The predicted molar refractivity (Wildman–Crippen MR) is 130 cm³/mol. The maximum absolute atomic E-state index is 13.1. The van der Waals surface area contributed by atoms with E-state index in [-0.39, 0.29) is 17.0 Å². The number of nitrogens with zero attached hydrogens (tertiary/aromatic N) is 5. The van der Waals surface area contributed by atoms with Gasteiger partial charge in [0.25, 0.3) is 11.5 Å². The van der Waals surface area contributed by atoms with Crippen LogP contribution in [-0.4, -0.2) is 63.9 Å². The van der Waals surface area contributed by atoms with Crippen LogP contribution in [0.2, 0.25) is 0 Å². The summed E-state index contributed by atoms with van der Waals surface area (Å²) in [6.45, 7) is 13.3. The lowest BCUT2D eigenvalue weighted by Gasteiger charge is -2.37. The van der Waals surface area contributed by atoms with Crippen molar-refractivity contribution in [1.29, 1.82) is 5.26 Å². The van der Waals surface area contributed by atoms with Crippen molar-refractivity contribution in [2.45, 2.75) is 40.7 Å². The minimum atomic E-state index is -0.272. The smallest absolute Gasteiger partial charge is 0.270 e. The molecule has 0 radical (unpaired) electrons. The Balaban J connectivity index is 2.17. The van der Waals surface area contributed by atoms with Gasteiger partial charge in [-0.05, 0) is 38.5 Å². The highest BCUT2D eigenvalue weighted by molar-refractivity contribution is 8.26. The second-order valence-corrected chi connectivity index (χ2v) is 9.33. The molecule has 31 heavy (non-hydrogen) atoms. The highest BCUT2D eigenvalue weighted by Gasteiger charge is 2.33. The molecule has 0 atom stereocenters. The number of carbonyl (C=O) groups is 1. The fourth-order valence-corrected chi connectivity index (χ4v) is 5.39. The summed E-state index contributed by atoms with van der Waals surface area (Å²) >= 11 is 6.70. The number of carbonyl (C=O) groups excluding carboxylic acids is 1. The zero-order valence-electron chi connectivity index (χ0n) is 18.6. The number of nitriles is 1. The van der Waals surface area contributed by atoms with E-state index in [1.165, 1.54) is 11.8 Å². The van der Waals surface area contributed by atoms with E-state index in [0.717, 1.165) is 50.5 Å². The number of pyridine rings is 1. The highest BCUT2D eigenvalue weighted by atomic mass is 32.2. The van der Waals surface area contributed by atoms with Crippen LogP contribution in [0.1, 0.15) is 43.9 Å². The first-order chi connectivity index (χ1) is 14.9. The lowest BCUT2D eigenvalue weighted by Crippen LogP contribution is -2.48. The monoisotopic (exact) mass is 459 g/mol. The third-order valence-corrected chi connectivity index (χ3v) is 7.26. The number of aromatic nitrogens is 1. The van der Waals surface area contributed by atoms with E-state index < -0.39 is 0 Å². The van der Waals surface area contributed by atoms with E-state index in [9.17, 15) is 14.9 Å². The van der Waals surface area contributed by atoms with E-state index in [1.54, 1.807) is 16.4 Å². The molecule has 2 aliphatic heterocycles. The number of thioether (sulfide) groups is 1. The molecule has 9 heteroatoms. The third-order valence-electron chi connectivity index (χ3n) is 5.88. The molecular formula is C22H29N5O2S2. The van der Waals surface area contributed by atoms with E-state index >= 15 is 0 Å². The Bertz CT molecular complexity index is 1020. The Morgan fingerprint density at radius 3 is 2.35 bits per heavy atom. The number of likely N-dealkylation sites (N-methyl/N-ethyl adjacent to an activating group) is 1. The molecule has 1 aromatic rings. The van der Waals surface area contributed by atoms with Gasteiger partial charge in [-0.1, -0.05) is 37.8 Å². The predicted octanol–water partition coefficient (Wildman–Crippen LogP) is 2.80. The molecule has 0 spiro atoms. The summed E-state index contributed by atoms with van der Waals surface area (Å²) in [5, 5.41) is 9.67. The van der Waals surface area contributed by atoms with Gasteiger partial charge in [0.2, 0.25) is 0 Å². The molecule has 0 saturated carbocycles. The SMILES string of the molecule is CCCN1C(=O)/C(=C/c2c(C)c(C#N)c(=O)n(CC)c2N2CCN(CC)CC2)SC1=S. The van der Waals surface area contributed by atoms with E-state index in [4.69, 9.17) is 12.2 Å². The Morgan fingerprint density at radius 2 is 1.81 bits per heavy atom. The van der Waals surface area contributed by atoms with E-state index in [2.05, 4.69) is 22.8 Å². The number of piperazine rings is 1. The first-order valence-electron chi connectivity index (χ1n) is 10.8. The summed E-state index contributed by atoms with van der Waals surface area (Å²) in [7, 11) is 0. The van der Waals surface area contributed by atoms with E-state index in [0.29, 0.717) is 27.9 Å². The third kappa shape index (κ3) is 4.43. The maximum atomic E-state index is 13.1. The molecule has 3 rings (SSSR count). The molecule has 0 unspecified atom stereocenters. The standard InChI is InChI=1S/C22H29N5O2S2/c1-5-8-27-21(29)18(31-22(27)30)13-16-15(4)17(14-23)20(28)26(7-3)19(16)25-11-9-24(6-2)10-12-25/h13H,5-12H2,1-4H3/b18-13-. The molecule has 1 amide bonds. The van der Waals surface area contributed by atoms with Crippen LogP contribution < -0.4 is 10.5 Å². The van der Waals surface area contributed by atoms with Gasteiger partial charge in [-0.15, -0.1) is 0 Å². The Labute approximate surface area is 193 Å². The summed E-state index contributed by atoms with van der Waals surface area (Å²) in [4.78, 5) is 32.8. The highest BCUT2D eigenvalue weighted by Crippen LogP contribution is 2.36. The molecule has 2 fully saturated rings. The minimum absolute atomic E-state index is 0.106. The molecule has 2 aliphatic rings. The van der Waals surface area contributed by atoms with Crippen molar-refractivity contribution >= 4 is 46.1 Å². The van der Waals surface area contributed by atoms with Crippen molar-refractivity contribution in [1.82, 2.24) is 14.4 Å². The average molecular weight is 460 g/mol. The Hall–Kier alpha value is -2.15. The summed E-state index contributed by atoms with van der Waals surface area (Å²) in [6, 6.07) is 2.08. The van der Waals surface area contributed by atoms with Crippen molar-refractivity contribution in [3.8, 4) is 6.07 Å². The van der Waals surface area contributed by atoms with Crippen molar-refractivity contribution in [3.63, 3.8) is 0 Å². The van der Waals surface area contributed by atoms with Gasteiger partial charge in [0.05, 0.1) is 4.91 Å². The second kappa shape index (κ2) is 9.98. The molecular weight excluding hydrogens is 430 g/mol. The largest absolute Gasteiger partial charge is 0.355 e. The number of rotatable bonds is 6. The van der Waals surface area contributed by atoms with Crippen LogP contribution in [0.4, 0.5) is 5.82 Å². The normalized spacial score (nSPS) is 18.9. The molecule has 3 heterocycles. The van der Waals surface area contributed by atoms with E-state index in [1.807, 2.05) is 19.9 Å². The fourth-order valence-electron chi connectivity index (χ4n) is 4.10. The summed E-state index contributed by atoms with van der Waals surface area (Å²) < 4.78 is 2.23. The molecule has 0 bridgehead atoms.